The summed E-state index contributed by atoms with van der Waals surface area (Å²) in [5.41, 5.74) is 3.09. The highest BCUT2D eigenvalue weighted by Crippen LogP contribution is 2.27. The van der Waals surface area contributed by atoms with Crippen LogP contribution in [0.4, 0.5) is 5.13 Å². The first-order valence-corrected chi connectivity index (χ1v) is 7.24. The molecular weight excluding hydrogens is 298 g/mol. The van der Waals surface area contributed by atoms with E-state index in [1.807, 2.05) is 36.6 Å². The predicted molar refractivity (Wildman–Crippen MR) is 88.3 cm³/mol. The summed E-state index contributed by atoms with van der Waals surface area (Å²) in [4.78, 5) is 18.1. The van der Waals surface area contributed by atoms with Gasteiger partial charge >= 0.3 is 0 Å². The molecule has 3 aromatic rings. The van der Waals surface area contributed by atoms with Gasteiger partial charge < -0.3 is 4.52 Å². The minimum absolute atomic E-state index is 0. The molecule has 1 amide bonds. The molecule has 1 aromatic carbocycles. The highest BCUT2D eigenvalue weighted by atomic mass is 32.1. The van der Waals surface area contributed by atoms with Gasteiger partial charge in [-0.05, 0) is 6.92 Å². The molecule has 2 aromatic heterocycles. The quantitative estimate of drug-likeness (QED) is 0.732. The van der Waals surface area contributed by atoms with Gasteiger partial charge in [-0.15, -0.1) is 11.3 Å². The zero-order valence-electron chi connectivity index (χ0n) is 11.6. The first-order valence-electron chi connectivity index (χ1n) is 6.36. The Bertz CT molecular complexity index is 748. The third-order valence-corrected chi connectivity index (χ3v) is 4.00. The normalized spacial score (nSPS) is 10.1. The largest absolute Gasteiger partial charge is 0.351 e. The predicted octanol–water partition coefficient (Wildman–Crippen LogP) is 4.02. The third-order valence-electron chi connectivity index (χ3n) is 3.08. The van der Waals surface area contributed by atoms with Crippen molar-refractivity contribution in [1.82, 2.24) is 10.1 Å². The summed E-state index contributed by atoms with van der Waals surface area (Å²) in [5.74, 6) is -0.0677. The van der Waals surface area contributed by atoms with Crippen LogP contribution < -0.4 is 4.90 Å². The maximum absolute atomic E-state index is 12.2. The molecule has 0 unspecified atom stereocenters. The molecule has 22 heavy (non-hydrogen) atoms. The number of hydrogen-bond acceptors (Lipinski definition) is 5. The molecule has 114 valence electrons. The number of amides is 1. The fraction of sp³-hybridized carbons (Fsp3) is 0.188. The summed E-state index contributed by atoms with van der Waals surface area (Å²) >= 11 is 1.41. The molecule has 0 aliphatic heterocycles. The lowest BCUT2D eigenvalue weighted by atomic mass is 10.1. The maximum atomic E-state index is 12.2. The van der Waals surface area contributed by atoms with Gasteiger partial charge in [-0.3, -0.25) is 9.69 Å². The molecule has 0 atom stereocenters. The van der Waals surface area contributed by atoms with E-state index in [0.29, 0.717) is 5.13 Å². The zero-order valence-corrected chi connectivity index (χ0v) is 12.4. The van der Waals surface area contributed by atoms with E-state index in [-0.39, 0.29) is 19.1 Å². The van der Waals surface area contributed by atoms with E-state index in [4.69, 9.17) is 4.52 Å². The number of anilines is 1. The van der Waals surface area contributed by atoms with E-state index in [0.717, 1.165) is 11.3 Å². The average molecular weight is 315 g/mol. The fourth-order valence-electron chi connectivity index (χ4n) is 1.85. The lowest BCUT2D eigenvalue weighted by Gasteiger charge is -2.10. The van der Waals surface area contributed by atoms with E-state index >= 15 is 0 Å². The average Bonchev–Trinajstić information content (AvgIpc) is 3.18. The Hall–Kier alpha value is -2.47. The number of carbonyl (C=O) groups is 1. The number of aryl methyl sites for hydroxylation is 1. The molecule has 0 saturated carbocycles. The molecule has 0 aliphatic rings. The molecular formula is C16H17N3O2S. The third kappa shape index (κ3) is 3.07. The van der Waals surface area contributed by atoms with Crippen LogP contribution in [0.3, 0.4) is 0 Å². The smallest absolute Gasteiger partial charge is 0.298 e. The van der Waals surface area contributed by atoms with Gasteiger partial charge in [0.1, 0.15) is 0 Å². The number of nitrogens with zero attached hydrogens (tertiary/aromatic N) is 3. The van der Waals surface area contributed by atoms with Crippen LogP contribution in [0.15, 0.2) is 46.4 Å². The first kappa shape index (κ1) is 15.9. The highest BCUT2D eigenvalue weighted by Gasteiger charge is 2.19. The second-order valence-corrected chi connectivity index (χ2v) is 5.46. The van der Waals surface area contributed by atoms with E-state index < -0.39 is 0 Å². The highest BCUT2D eigenvalue weighted by molar-refractivity contribution is 7.14. The molecule has 5 nitrogen and oxygen atoms in total. The first-order chi connectivity index (χ1) is 10.1. The lowest BCUT2D eigenvalue weighted by molar-refractivity contribution is 0.0957. The Morgan fingerprint density at radius 2 is 1.95 bits per heavy atom. The van der Waals surface area contributed by atoms with Gasteiger partial charge in [0, 0.05) is 24.1 Å². The Morgan fingerprint density at radius 1 is 1.23 bits per heavy atom. The molecule has 0 saturated heterocycles. The van der Waals surface area contributed by atoms with Gasteiger partial charge in [-0.2, -0.15) is 0 Å². The van der Waals surface area contributed by atoms with Crippen LogP contribution in [0.25, 0.3) is 11.3 Å². The van der Waals surface area contributed by atoms with Crippen LogP contribution in [0.2, 0.25) is 0 Å². The van der Waals surface area contributed by atoms with Gasteiger partial charge in [0.2, 0.25) is 5.76 Å². The van der Waals surface area contributed by atoms with Crippen LogP contribution in [0.1, 0.15) is 23.5 Å². The summed E-state index contributed by atoms with van der Waals surface area (Å²) in [6.07, 6.45) is 1.45. The molecule has 0 aliphatic carbocycles. The monoisotopic (exact) mass is 315 g/mol. The zero-order chi connectivity index (χ0) is 14.8. The number of thiazole rings is 1. The van der Waals surface area contributed by atoms with Crippen molar-refractivity contribution in [3.8, 4) is 11.3 Å². The van der Waals surface area contributed by atoms with E-state index in [1.54, 1.807) is 7.05 Å². The van der Waals surface area contributed by atoms with Crippen molar-refractivity contribution in [2.45, 2.75) is 14.4 Å². The molecule has 0 radical (unpaired) electrons. The van der Waals surface area contributed by atoms with Crippen molar-refractivity contribution in [2.75, 3.05) is 11.9 Å². The number of hydrogen-bond donors (Lipinski definition) is 0. The SMILES string of the molecule is C.Cc1ccc(-c2csc(N(C)C(=O)c3ccno3)n2)cc1. The lowest BCUT2D eigenvalue weighted by Crippen LogP contribution is -2.25. The van der Waals surface area contributed by atoms with Crippen molar-refractivity contribution < 1.29 is 9.32 Å². The summed E-state index contributed by atoms with van der Waals surface area (Å²) in [6.45, 7) is 2.04. The van der Waals surface area contributed by atoms with Crippen molar-refractivity contribution >= 4 is 22.4 Å². The van der Waals surface area contributed by atoms with Gasteiger partial charge in [-0.1, -0.05) is 42.4 Å². The second kappa shape index (κ2) is 6.53. The van der Waals surface area contributed by atoms with Crippen molar-refractivity contribution in [3.63, 3.8) is 0 Å². The molecule has 3 rings (SSSR count). The Labute approximate surface area is 133 Å². The summed E-state index contributed by atoms with van der Waals surface area (Å²) in [7, 11) is 1.67. The summed E-state index contributed by atoms with van der Waals surface area (Å²) in [5, 5.41) is 6.09. The second-order valence-electron chi connectivity index (χ2n) is 4.62. The molecule has 0 fully saturated rings. The molecule has 2 heterocycles. The number of carbonyl (C=O) groups excluding carboxylic acids is 1. The Balaban J connectivity index is 0.00000176. The van der Waals surface area contributed by atoms with Crippen LogP contribution in [0.5, 0.6) is 0 Å². The van der Waals surface area contributed by atoms with Gasteiger partial charge in [0.25, 0.3) is 5.91 Å². The van der Waals surface area contributed by atoms with Crippen molar-refractivity contribution in [2.24, 2.45) is 0 Å². The topological polar surface area (TPSA) is 59.2 Å². The number of aromatic nitrogens is 2. The van der Waals surface area contributed by atoms with Crippen molar-refractivity contribution in [1.29, 1.82) is 0 Å². The standard InChI is InChI=1S/C15H13N3O2S.CH4/c1-10-3-5-11(6-4-10)12-9-21-15(17-12)18(2)14(19)13-7-8-16-20-13;/h3-9H,1-2H3;1H4. The van der Waals surface area contributed by atoms with Crippen LogP contribution >= 0.6 is 11.3 Å². The number of benzene rings is 1. The minimum Gasteiger partial charge on any atom is -0.351 e. The minimum atomic E-state index is -0.266. The van der Waals surface area contributed by atoms with Crippen LogP contribution in [-0.4, -0.2) is 23.1 Å². The molecule has 0 N–H and O–H groups in total. The Morgan fingerprint density at radius 3 is 2.59 bits per heavy atom. The summed E-state index contributed by atoms with van der Waals surface area (Å²) in [6, 6.07) is 9.65. The maximum Gasteiger partial charge on any atom is 0.298 e. The van der Waals surface area contributed by atoms with E-state index in [2.05, 4.69) is 10.1 Å². The van der Waals surface area contributed by atoms with Crippen molar-refractivity contribution in [3.05, 3.63) is 53.2 Å². The van der Waals surface area contributed by atoms with Crippen LogP contribution in [0, 0.1) is 6.92 Å². The van der Waals surface area contributed by atoms with Gasteiger partial charge in [-0.25, -0.2) is 4.98 Å². The van der Waals surface area contributed by atoms with Gasteiger partial charge in [0.15, 0.2) is 5.13 Å². The number of rotatable bonds is 3. The molecule has 0 spiro atoms. The Kier molecular flexibility index (Phi) is 4.72. The van der Waals surface area contributed by atoms with Gasteiger partial charge in [0.05, 0.1) is 11.9 Å². The van der Waals surface area contributed by atoms with Crippen LogP contribution in [-0.2, 0) is 0 Å². The van der Waals surface area contributed by atoms with E-state index in [9.17, 15) is 4.79 Å². The summed E-state index contributed by atoms with van der Waals surface area (Å²) < 4.78 is 4.88. The molecule has 0 bridgehead atoms. The van der Waals surface area contributed by atoms with E-state index in [1.165, 1.54) is 34.1 Å². The molecule has 6 heteroatoms. The fourth-order valence-corrected chi connectivity index (χ4v) is 2.65.